The Morgan fingerprint density at radius 1 is 0.935 bits per heavy atom. The monoisotopic (exact) mass is 448 g/mol. The second-order valence-corrected chi connectivity index (χ2v) is 13.2. The number of hydrogen-bond acceptors (Lipinski definition) is 3. The van der Waals surface area contributed by atoms with Gasteiger partial charge in [0.25, 0.3) is 0 Å². The zero-order chi connectivity index (χ0) is 21.8. The first-order valence-electron chi connectivity index (χ1n) is 11.5. The fourth-order valence-corrected chi connectivity index (χ4v) is 9.74. The molecule has 2 aromatic carbocycles. The molecule has 162 valence electrons. The van der Waals surface area contributed by atoms with Gasteiger partial charge < -0.3 is 0 Å². The number of rotatable bonds is 4. The molecule has 1 saturated carbocycles. The van der Waals surface area contributed by atoms with Gasteiger partial charge in [0.05, 0.1) is 11.7 Å². The first-order valence-corrected chi connectivity index (χ1v) is 13.7. The van der Waals surface area contributed by atoms with Gasteiger partial charge in [-0.15, -0.1) is 11.3 Å². The normalized spacial score (nSPS) is 23.7. The second kappa shape index (κ2) is 8.10. The molecule has 0 N–H and O–H groups in total. The highest BCUT2D eigenvalue weighted by molar-refractivity contribution is 7.71. The number of aryl methyl sites for hydroxylation is 2. The number of hydrogen-bond donors (Lipinski definition) is 0. The molecule has 2 fully saturated rings. The van der Waals surface area contributed by atoms with Crippen LogP contribution in [0.1, 0.15) is 67.9 Å². The van der Waals surface area contributed by atoms with E-state index in [9.17, 15) is 0 Å². The molecule has 1 aliphatic carbocycles. The predicted octanol–water partition coefficient (Wildman–Crippen LogP) is 6.63. The number of thiazole rings is 1. The van der Waals surface area contributed by atoms with E-state index in [0.29, 0.717) is 12.1 Å². The topological polar surface area (TPSA) is 16.1 Å². The van der Waals surface area contributed by atoms with Crippen LogP contribution in [0.15, 0.2) is 53.9 Å². The quantitative estimate of drug-likeness (QED) is 0.416. The summed E-state index contributed by atoms with van der Waals surface area (Å²) in [7, 11) is -0.590. The largest absolute Gasteiger partial charge is 0.262 e. The van der Waals surface area contributed by atoms with Crippen LogP contribution in [0.2, 0.25) is 0 Å². The van der Waals surface area contributed by atoms with Gasteiger partial charge in [-0.05, 0) is 60.8 Å². The Morgan fingerprint density at radius 3 is 2.10 bits per heavy atom. The molecule has 31 heavy (non-hydrogen) atoms. The Hall–Kier alpha value is -1.54. The fraction of sp³-hybridized carbons (Fsp3) is 0.444. The van der Waals surface area contributed by atoms with Gasteiger partial charge in [-0.2, -0.15) is 0 Å². The summed E-state index contributed by atoms with van der Waals surface area (Å²) in [6, 6.07) is 19.2. The molecule has 2 bridgehead atoms. The Kier molecular flexibility index (Phi) is 5.57. The summed E-state index contributed by atoms with van der Waals surface area (Å²) < 4.78 is 2.92. The molecule has 4 heteroatoms. The van der Waals surface area contributed by atoms with E-state index in [-0.39, 0.29) is 5.41 Å². The minimum Gasteiger partial charge on any atom is -0.262 e. The lowest BCUT2D eigenvalue weighted by molar-refractivity contribution is 0.261. The van der Waals surface area contributed by atoms with E-state index in [0.717, 1.165) is 5.92 Å². The third kappa shape index (κ3) is 3.80. The average molecular weight is 449 g/mol. The zero-order valence-electron chi connectivity index (χ0n) is 19.3. The maximum absolute atomic E-state index is 5.23. The number of nitrogens with zero attached hydrogens (tertiary/aromatic N) is 2. The van der Waals surface area contributed by atoms with E-state index in [1.165, 1.54) is 51.7 Å². The molecule has 1 aliphatic heterocycles. The Morgan fingerprint density at radius 2 is 1.55 bits per heavy atom. The third-order valence-electron chi connectivity index (χ3n) is 7.01. The van der Waals surface area contributed by atoms with Crippen molar-refractivity contribution in [3.63, 3.8) is 0 Å². The van der Waals surface area contributed by atoms with E-state index in [1.54, 1.807) is 0 Å². The summed E-state index contributed by atoms with van der Waals surface area (Å²) in [5.41, 5.74) is 4.17. The minimum absolute atomic E-state index is 0.105. The molecule has 2 heterocycles. The highest BCUT2D eigenvalue weighted by Gasteiger charge is 2.51. The van der Waals surface area contributed by atoms with Crippen molar-refractivity contribution < 1.29 is 0 Å². The summed E-state index contributed by atoms with van der Waals surface area (Å²) in [5, 5.41) is 6.67. The van der Waals surface area contributed by atoms with Crippen molar-refractivity contribution in [1.29, 1.82) is 0 Å². The van der Waals surface area contributed by atoms with Crippen LogP contribution in [0.3, 0.4) is 0 Å². The van der Waals surface area contributed by atoms with Gasteiger partial charge in [-0.3, -0.25) is 4.67 Å². The van der Waals surface area contributed by atoms with E-state index < -0.39 is 8.07 Å². The van der Waals surface area contributed by atoms with Crippen LogP contribution in [0.5, 0.6) is 0 Å². The van der Waals surface area contributed by atoms with E-state index >= 15 is 0 Å². The molecule has 0 radical (unpaired) electrons. The molecule has 1 saturated heterocycles. The molecule has 3 aromatic rings. The van der Waals surface area contributed by atoms with E-state index in [4.69, 9.17) is 4.98 Å². The second-order valence-electron chi connectivity index (χ2n) is 10.3. The molecule has 2 nitrogen and oxygen atoms in total. The fourth-order valence-electron chi connectivity index (χ4n) is 5.31. The number of aromatic nitrogens is 1. The van der Waals surface area contributed by atoms with Crippen LogP contribution in [-0.4, -0.2) is 15.7 Å². The van der Waals surface area contributed by atoms with Crippen LogP contribution in [0, 0.1) is 19.8 Å². The van der Waals surface area contributed by atoms with Crippen LogP contribution in [0.4, 0.5) is 0 Å². The first kappa shape index (κ1) is 21.3. The lowest BCUT2D eigenvalue weighted by Crippen LogP contribution is -2.38. The maximum atomic E-state index is 5.23. The maximum Gasteiger partial charge on any atom is 0.111 e. The lowest BCUT2D eigenvalue weighted by atomic mass is 9.93. The molecule has 0 amide bonds. The predicted molar refractivity (Wildman–Crippen MR) is 135 cm³/mol. The van der Waals surface area contributed by atoms with Crippen molar-refractivity contribution in [1.82, 2.24) is 9.65 Å². The van der Waals surface area contributed by atoms with Crippen LogP contribution < -0.4 is 10.6 Å². The van der Waals surface area contributed by atoms with Crippen molar-refractivity contribution in [3.8, 4) is 0 Å². The van der Waals surface area contributed by atoms with Gasteiger partial charge in [0.2, 0.25) is 0 Å². The number of piperidine rings is 1. The number of benzene rings is 2. The van der Waals surface area contributed by atoms with Gasteiger partial charge in [-0.1, -0.05) is 69.3 Å². The summed E-state index contributed by atoms with van der Waals surface area (Å²) in [6.45, 7) is 11.4. The standard InChI is InChI=1S/C27H33N2PS/c1-18-10-6-8-12-22(18)30(23-13-9-7-11-19(23)2)29-21-15-14-20(16-21)25(29)26-28-24(17-31-26)27(3,4)5/h6-13,17,20-21,25H,14-16H2,1-5H3/t20-,21+,25-/m1/s1. The summed E-state index contributed by atoms with van der Waals surface area (Å²) in [6.07, 6.45) is 4.00. The van der Waals surface area contributed by atoms with Gasteiger partial charge in [0.15, 0.2) is 0 Å². The Bertz CT molecular complexity index is 1040. The molecular weight excluding hydrogens is 415 g/mol. The zero-order valence-corrected chi connectivity index (χ0v) is 21.0. The van der Waals surface area contributed by atoms with Crippen molar-refractivity contribution in [3.05, 3.63) is 75.7 Å². The van der Waals surface area contributed by atoms with Crippen LogP contribution >= 0.6 is 19.4 Å². The van der Waals surface area contributed by atoms with Crippen LogP contribution in [-0.2, 0) is 5.41 Å². The summed E-state index contributed by atoms with van der Waals surface area (Å²) in [4.78, 5) is 5.23. The van der Waals surface area contributed by atoms with Gasteiger partial charge in [-0.25, -0.2) is 4.98 Å². The Labute approximate surface area is 192 Å². The van der Waals surface area contributed by atoms with Crippen molar-refractivity contribution in [2.45, 2.75) is 71.4 Å². The van der Waals surface area contributed by atoms with E-state index in [1.807, 2.05) is 11.3 Å². The van der Waals surface area contributed by atoms with Gasteiger partial charge in [0.1, 0.15) is 5.01 Å². The van der Waals surface area contributed by atoms with Crippen molar-refractivity contribution in [2.75, 3.05) is 0 Å². The molecular formula is C27H33N2PS. The SMILES string of the molecule is Cc1ccccc1P(c1ccccc1C)N1[C@H]2CC[C@H](C2)[C@@H]1c1nc(C(C)(C)C)cs1. The van der Waals surface area contributed by atoms with Crippen LogP contribution in [0.25, 0.3) is 0 Å². The third-order valence-corrected chi connectivity index (χ3v) is 10.9. The van der Waals surface area contributed by atoms with E-state index in [2.05, 4.69) is 93.2 Å². The smallest absolute Gasteiger partial charge is 0.111 e. The Balaban J connectivity index is 1.65. The minimum atomic E-state index is -0.590. The lowest BCUT2D eigenvalue weighted by Gasteiger charge is -2.41. The van der Waals surface area contributed by atoms with Crippen molar-refractivity contribution in [2.24, 2.45) is 5.92 Å². The summed E-state index contributed by atoms with van der Waals surface area (Å²) >= 11 is 1.89. The molecule has 1 aromatic heterocycles. The molecule has 3 atom stereocenters. The summed E-state index contributed by atoms with van der Waals surface area (Å²) in [5.74, 6) is 0.738. The molecule has 0 unspecified atom stereocenters. The average Bonchev–Trinajstić information content (AvgIpc) is 3.46. The highest BCUT2D eigenvalue weighted by Crippen LogP contribution is 2.60. The molecule has 5 rings (SSSR count). The van der Waals surface area contributed by atoms with Gasteiger partial charge >= 0.3 is 0 Å². The number of fused-ring (bicyclic) bond motifs is 2. The molecule has 0 spiro atoms. The highest BCUT2D eigenvalue weighted by atomic mass is 32.1. The van der Waals surface area contributed by atoms with Crippen molar-refractivity contribution >= 4 is 30.0 Å². The molecule has 2 aliphatic rings. The van der Waals surface area contributed by atoms with Gasteiger partial charge in [0, 0.05) is 24.9 Å². The first-order chi connectivity index (χ1) is 14.8.